The van der Waals surface area contributed by atoms with Crippen LogP contribution in [0.15, 0.2) is 54.6 Å². The third kappa shape index (κ3) is 4.03. The van der Waals surface area contributed by atoms with E-state index in [4.69, 9.17) is 23.8 Å². The molecule has 3 nitrogen and oxygen atoms in total. The van der Waals surface area contributed by atoms with Gasteiger partial charge in [-0.1, -0.05) is 41.9 Å². The number of benzene rings is 2. The SMILES string of the molecule is C[C@@H](NC(=S)NCc1cc2cc(Cl)ccc2[nH]1)c1ccccc1. The number of hydrogen-bond acceptors (Lipinski definition) is 1. The van der Waals surface area contributed by atoms with Gasteiger partial charge in [-0.3, -0.25) is 0 Å². The third-order valence-corrected chi connectivity index (χ3v) is 4.22. The largest absolute Gasteiger partial charge is 0.357 e. The molecule has 1 heterocycles. The zero-order valence-corrected chi connectivity index (χ0v) is 14.3. The Hall–Kier alpha value is -2.04. The summed E-state index contributed by atoms with van der Waals surface area (Å²) in [7, 11) is 0. The van der Waals surface area contributed by atoms with Crippen LogP contribution in [0.1, 0.15) is 24.2 Å². The Balaban J connectivity index is 1.57. The van der Waals surface area contributed by atoms with Crippen LogP contribution in [0, 0.1) is 0 Å². The van der Waals surface area contributed by atoms with Crippen molar-refractivity contribution >= 4 is 39.8 Å². The van der Waals surface area contributed by atoms with Crippen LogP contribution in [0.2, 0.25) is 5.02 Å². The van der Waals surface area contributed by atoms with Crippen LogP contribution >= 0.6 is 23.8 Å². The van der Waals surface area contributed by atoms with E-state index < -0.39 is 0 Å². The van der Waals surface area contributed by atoms with Crippen LogP contribution in [-0.2, 0) is 6.54 Å². The summed E-state index contributed by atoms with van der Waals surface area (Å²) < 4.78 is 0. The molecular formula is C18H18ClN3S. The Morgan fingerprint density at radius 1 is 1.17 bits per heavy atom. The van der Waals surface area contributed by atoms with Gasteiger partial charge in [0.2, 0.25) is 0 Å². The summed E-state index contributed by atoms with van der Waals surface area (Å²) in [5.74, 6) is 0. The Morgan fingerprint density at radius 2 is 1.96 bits per heavy atom. The van der Waals surface area contributed by atoms with E-state index in [1.165, 1.54) is 5.56 Å². The molecule has 0 saturated carbocycles. The van der Waals surface area contributed by atoms with E-state index in [0.29, 0.717) is 11.7 Å². The maximum absolute atomic E-state index is 6.01. The number of halogens is 1. The van der Waals surface area contributed by atoms with Crippen LogP contribution in [-0.4, -0.2) is 10.1 Å². The van der Waals surface area contributed by atoms with Gasteiger partial charge in [-0.2, -0.15) is 0 Å². The zero-order valence-electron chi connectivity index (χ0n) is 12.8. The van der Waals surface area contributed by atoms with Gasteiger partial charge in [0, 0.05) is 21.6 Å². The first-order valence-corrected chi connectivity index (χ1v) is 8.27. The number of aromatic amines is 1. The van der Waals surface area contributed by atoms with E-state index in [2.05, 4.69) is 40.7 Å². The Bertz CT molecular complexity index is 814. The lowest BCUT2D eigenvalue weighted by Crippen LogP contribution is -2.36. The maximum atomic E-state index is 6.01. The fourth-order valence-corrected chi connectivity index (χ4v) is 2.94. The molecule has 0 bridgehead atoms. The molecule has 3 aromatic rings. The van der Waals surface area contributed by atoms with E-state index in [1.54, 1.807) is 0 Å². The van der Waals surface area contributed by atoms with Crippen LogP contribution in [0.4, 0.5) is 0 Å². The summed E-state index contributed by atoms with van der Waals surface area (Å²) in [5.41, 5.74) is 3.35. The van der Waals surface area contributed by atoms with E-state index >= 15 is 0 Å². The Morgan fingerprint density at radius 3 is 2.74 bits per heavy atom. The van der Waals surface area contributed by atoms with Gasteiger partial charge >= 0.3 is 0 Å². The van der Waals surface area contributed by atoms with E-state index in [-0.39, 0.29) is 6.04 Å². The van der Waals surface area contributed by atoms with Gasteiger partial charge in [0.25, 0.3) is 0 Å². The molecule has 1 atom stereocenters. The topological polar surface area (TPSA) is 39.8 Å². The molecule has 0 spiro atoms. The quantitative estimate of drug-likeness (QED) is 0.609. The first-order valence-electron chi connectivity index (χ1n) is 7.48. The van der Waals surface area contributed by atoms with E-state index in [0.717, 1.165) is 21.6 Å². The number of nitrogens with one attached hydrogen (secondary N) is 3. The molecule has 0 radical (unpaired) electrons. The van der Waals surface area contributed by atoms with Gasteiger partial charge in [0.1, 0.15) is 0 Å². The predicted molar refractivity (Wildman–Crippen MR) is 101 cm³/mol. The van der Waals surface area contributed by atoms with Crippen molar-refractivity contribution in [3.63, 3.8) is 0 Å². The Kier molecular flexibility index (Phi) is 4.84. The molecule has 0 aliphatic rings. The van der Waals surface area contributed by atoms with Gasteiger partial charge < -0.3 is 15.6 Å². The van der Waals surface area contributed by atoms with Gasteiger partial charge in [-0.15, -0.1) is 0 Å². The van der Waals surface area contributed by atoms with Crippen LogP contribution in [0.5, 0.6) is 0 Å². The molecule has 0 aliphatic heterocycles. The summed E-state index contributed by atoms with van der Waals surface area (Å²) in [4.78, 5) is 3.35. The molecule has 23 heavy (non-hydrogen) atoms. The molecule has 0 unspecified atom stereocenters. The van der Waals surface area contributed by atoms with Crippen molar-refractivity contribution in [1.29, 1.82) is 0 Å². The van der Waals surface area contributed by atoms with Crippen molar-refractivity contribution in [3.8, 4) is 0 Å². The summed E-state index contributed by atoms with van der Waals surface area (Å²) in [6.07, 6.45) is 0. The molecule has 1 aromatic heterocycles. The lowest BCUT2D eigenvalue weighted by atomic mass is 10.1. The molecule has 0 saturated heterocycles. The molecule has 3 N–H and O–H groups in total. The normalized spacial score (nSPS) is 12.1. The van der Waals surface area contributed by atoms with Crippen LogP contribution < -0.4 is 10.6 Å². The minimum Gasteiger partial charge on any atom is -0.357 e. The minimum atomic E-state index is 0.165. The zero-order chi connectivity index (χ0) is 16.2. The smallest absolute Gasteiger partial charge is 0.167 e. The second-order valence-corrected chi connectivity index (χ2v) is 6.33. The lowest BCUT2D eigenvalue weighted by molar-refractivity contribution is 0.696. The highest BCUT2D eigenvalue weighted by molar-refractivity contribution is 7.80. The summed E-state index contributed by atoms with van der Waals surface area (Å²) in [6.45, 7) is 2.73. The molecular weight excluding hydrogens is 326 g/mol. The van der Waals surface area contributed by atoms with Crippen molar-refractivity contribution in [2.45, 2.75) is 19.5 Å². The number of thiocarbonyl (C=S) groups is 1. The van der Waals surface area contributed by atoms with Gasteiger partial charge in [-0.25, -0.2) is 0 Å². The molecule has 0 aliphatic carbocycles. The van der Waals surface area contributed by atoms with Crippen LogP contribution in [0.25, 0.3) is 10.9 Å². The monoisotopic (exact) mass is 343 g/mol. The van der Waals surface area contributed by atoms with Crippen molar-refractivity contribution < 1.29 is 0 Å². The summed E-state index contributed by atoms with van der Waals surface area (Å²) >= 11 is 11.4. The molecule has 118 valence electrons. The molecule has 0 amide bonds. The number of aromatic nitrogens is 1. The van der Waals surface area contributed by atoms with Gasteiger partial charge in [0.05, 0.1) is 12.6 Å². The highest BCUT2D eigenvalue weighted by Crippen LogP contribution is 2.20. The first-order chi connectivity index (χ1) is 11.1. The molecule has 0 fully saturated rings. The molecule has 2 aromatic carbocycles. The van der Waals surface area contributed by atoms with Gasteiger partial charge in [0.15, 0.2) is 5.11 Å². The number of H-pyrrole nitrogens is 1. The molecule has 3 rings (SSSR count). The highest BCUT2D eigenvalue weighted by atomic mass is 35.5. The standard InChI is InChI=1S/C18H18ClN3S/c1-12(13-5-3-2-4-6-13)21-18(23)20-11-16-10-14-9-15(19)7-8-17(14)22-16/h2-10,12,22H,11H2,1H3,(H2,20,21,23)/t12-/m1/s1. The first kappa shape index (κ1) is 15.8. The van der Waals surface area contributed by atoms with Crippen molar-refractivity contribution in [2.24, 2.45) is 0 Å². The second-order valence-electron chi connectivity index (χ2n) is 5.49. The fraction of sp³-hybridized carbons (Fsp3) is 0.167. The number of fused-ring (bicyclic) bond motifs is 1. The number of hydrogen-bond donors (Lipinski definition) is 3. The van der Waals surface area contributed by atoms with E-state index in [1.807, 2.05) is 36.4 Å². The third-order valence-electron chi connectivity index (χ3n) is 3.73. The average Bonchev–Trinajstić information content (AvgIpc) is 2.95. The lowest BCUT2D eigenvalue weighted by Gasteiger charge is -2.17. The highest BCUT2D eigenvalue weighted by Gasteiger charge is 2.07. The van der Waals surface area contributed by atoms with Crippen molar-refractivity contribution in [3.05, 3.63) is 70.9 Å². The summed E-state index contributed by atoms with van der Waals surface area (Å²) in [6, 6.07) is 18.3. The van der Waals surface area contributed by atoms with Crippen molar-refractivity contribution in [1.82, 2.24) is 15.6 Å². The van der Waals surface area contributed by atoms with Crippen molar-refractivity contribution in [2.75, 3.05) is 0 Å². The second kappa shape index (κ2) is 7.02. The molecule has 5 heteroatoms. The van der Waals surface area contributed by atoms with E-state index in [9.17, 15) is 0 Å². The van der Waals surface area contributed by atoms with Crippen LogP contribution in [0.3, 0.4) is 0 Å². The maximum Gasteiger partial charge on any atom is 0.167 e. The predicted octanol–water partition coefficient (Wildman–Crippen LogP) is 4.55. The summed E-state index contributed by atoms with van der Waals surface area (Å²) in [5, 5.41) is 9.01. The average molecular weight is 344 g/mol. The minimum absolute atomic E-state index is 0.165. The Labute approximate surface area is 146 Å². The fourth-order valence-electron chi connectivity index (χ4n) is 2.51. The number of rotatable bonds is 4. The van der Waals surface area contributed by atoms with Gasteiger partial charge in [-0.05, 0) is 49.0 Å².